The standard InChI is InChI=1S/C19H22FN7O2S/c1-3-19-10-29-7-6-27(19)17-13(26(2)18(19)28)9-22-16(23-17)15-14(24-25-30-15)12-5-4-11(20)8-21-12/h4-5,8-9,14-15,24-25H,3,6-7,10H2,1-2H3/t14?,15?,19-/m0/s1. The minimum atomic E-state index is -0.747. The number of rotatable bonds is 3. The number of carbonyl (C=O) groups is 1. The van der Waals surface area contributed by atoms with E-state index < -0.39 is 5.54 Å². The summed E-state index contributed by atoms with van der Waals surface area (Å²) in [6, 6.07) is 2.82. The molecule has 2 N–H and O–H groups in total. The van der Waals surface area contributed by atoms with Crippen molar-refractivity contribution in [3.63, 3.8) is 0 Å². The molecule has 3 atom stereocenters. The average Bonchev–Trinajstić information content (AvgIpc) is 3.27. The minimum absolute atomic E-state index is 0.000475. The summed E-state index contributed by atoms with van der Waals surface area (Å²) in [7, 11) is 1.76. The number of anilines is 2. The third-order valence-electron chi connectivity index (χ3n) is 6.02. The van der Waals surface area contributed by atoms with Gasteiger partial charge in [0.25, 0.3) is 5.91 Å². The maximum absolute atomic E-state index is 13.3. The second-order valence-electron chi connectivity index (χ2n) is 7.55. The Morgan fingerprint density at radius 1 is 1.37 bits per heavy atom. The molecular formula is C19H22FN7O2S. The van der Waals surface area contributed by atoms with Crippen LogP contribution in [0.15, 0.2) is 24.5 Å². The third-order valence-corrected chi connectivity index (χ3v) is 6.99. The highest BCUT2D eigenvalue weighted by Crippen LogP contribution is 2.45. The van der Waals surface area contributed by atoms with Crippen molar-refractivity contribution in [2.75, 3.05) is 36.6 Å². The lowest BCUT2D eigenvalue weighted by atomic mass is 9.89. The molecule has 5 heterocycles. The number of nitrogens with zero attached hydrogens (tertiary/aromatic N) is 5. The Bertz CT molecular complexity index is 978. The van der Waals surface area contributed by atoms with Crippen molar-refractivity contribution in [2.45, 2.75) is 30.2 Å². The summed E-state index contributed by atoms with van der Waals surface area (Å²) in [6.07, 6.45) is 3.53. The van der Waals surface area contributed by atoms with Crippen molar-refractivity contribution in [1.82, 2.24) is 25.2 Å². The summed E-state index contributed by atoms with van der Waals surface area (Å²) in [5.74, 6) is 0.979. The summed E-state index contributed by atoms with van der Waals surface area (Å²) in [5, 5.41) is -0.173. The molecule has 2 fully saturated rings. The molecule has 5 rings (SSSR count). The van der Waals surface area contributed by atoms with E-state index in [1.54, 1.807) is 24.2 Å². The number of amides is 1. The summed E-state index contributed by atoms with van der Waals surface area (Å²) < 4.78 is 19.0. The number of hydrazine groups is 1. The van der Waals surface area contributed by atoms with E-state index in [1.807, 2.05) is 6.92 Å². The predicted molar refractivity (Wildman–Crippen MR) is 110 cm³/mol. The highest BCUT2D eigenvalue weighted by Gasteiger charge is 2.52. The number of hydrogen-bond acceptors (Lipinski definition) is 9. The van der Waals surface area contributed by atoms with Crippen molar-refractivity contribution >= 4 is 29.4 Å². The van der Waals surface area contributed by atoms with Gasteiger partial charge < -0.3 is 14.5 Å². The molecule has 0 aromatic carbocycles. The highest BCUT2D eigenvalue weighted by atomic mass is 32.2. The van der Waals surface area contributed by atoms with E-state index >= 15 is 0 Å². The van der Waals surface area contributed by atoms with Crippen LogP contribution < -0.4 is 20.1 Å². The molecule has 2 unspecified atom stereocenters. The summed E-state index contributed by atoms with van der Waals surface area (Å²) in [4.78, 5) is 33.6. The van der Waals surface area contributed by atoms with Gasteiger partial charge in [0, 0.05) is 13.6 Å². The largest absolute Gasteiger partial charge is 0.377 e. The van der Waals surface area contributed by atoms with Crippen LogP contribution >= 0.6 is 11.9 Å². The molecule has 0 bridgehead atoms. The van der Waals surface area contributed by atoms with E-state index in [4.69, 9.17) is 9.72 Å². The van der Waals surface area contributed by atoms with Gasteiger partial charge in [-0.2, -0.15) is 4.83 Å². The van der Waals surface area contributed by atoms with Crippen molar-refractivity contribution in [1.29, 1.82) is 0 Å². The number of halogens is 1. The molecule has 3 aliphatic rings. The van der Waals surface area contributed by atoms with Crippen molar-refractivity contribution in [3.8, 4) is 0 Å². The summed E-state index contributed by atoms with van der Waals surface area (Å²) >= 11 is 1.45. The van der Waals surface area contributed by atoms with Gasteiger partial charge in [-0.25, -0.2) is 19.8 Å². The van der Waals surface area contributed by atoms with Crippen LogP contribution in [0.4, 0.5) is 15.9 Å². The molecule has 0 spiro atoms. The number of fused-ring (bicyclic) bond motifs is 3. The SMILES string of the molecule is CC[C@@]12COCCN1c1nc(C3SNNC3c3ccc(F)cn3)ncc1N(C)C2=O. The maximum atomic E-state index is 13.3. The lowest BCUT2D eigenvalue weighted by Crippen LogP contribution is -2.68. The molecule has 9 nitrogen and oxygen atoms in total. The quantitative estimate of drug-likeness (QED) is 0.701. The molecule has 158 valence electrons. The zero-order chi connectivity index (χ0) is 20.9. The first-order valence-corrected chi connectivity index (χ1v) is 10.7. The number of likely N-dealkylation sites (N-methyl/N-ethyl adjacent to an activating group) is 1. The van der Waals surface area contributed by atoms with Gasteiger partial charge in [-0.05, 0) is 18.6 Å². The fourth-order valence-electron chi connectivity index (χ4n) is 4.30. The van der Waals surface area contributed by atoms with E-state index in [0.29, 0.717) is 43.4 Å². The lowest BCUT2D eigenvalue weighted by molar-refractivity contribution is -0.128. The van der Waals surface area contributed by atoms with Gasteiger partial charge in [0.1, 0.15) is 28.1 Å². The number of nitrogens with one attached hydrogen (secondary N) is 2. The molecule has 0 aliphatic carbocycles. The number of aromatic nitrogens is 3. The number of hydrogen-bond donors (Lipinski definition) is 2. The normalized spacial score (nSPS) is 28.4. The Labute approximate surface area is 177 Å². The van der Waals surface area contributed by atoms with Crippen LogP contribution in [-0.2, 0) is 9.53 Å². The van der Waals surface area contributed by atoms with Gasteiger partial charge in [0.05, 0.1) is 37.3 Å². The van der Waals surface area contributed by atoms with Crippen LogP contribution in [0, 0.1) is 5.82 Å². The number of morpholine rings is 1. The molecule has 0 radical (unpaired) electrons. The first kappa shape index (κ1) is 19.6. The molecule has 0 saturated carbocycles. The Morgan fingerprint density at radius 2 is 2.23 bits per heavy atom. The van der Waals surface area contributed by atoms with Crippen LogP contribution in [0.1, 0.15) is 36.2 Å². The van der Waals surface area contributed by atoms with Crippen LogP contribution in [0.5, 0.6) is 0 Å². The van der Waals surface area contributed by atoms with Crippen molar-refractivity contribution in [3.05, 3.63) is 41.9 Å². The van der Waals surface area contributed by atoms with E-state index in [-0.39, 0.29) is 23.0 Å². The highest BCUT2D eigenvalue weighted by molar-refractivity contribution is 7.97. The van der Waals surface area contributed by atoms with Crippen LogP contribution in [0.25, 0.3) is 0 Å². The van der Waals surface area contributed by atoms with Gasteiger partial charge in [0.15, 0.2) is 5.82 Å². The Hall–Kier alpha value is -2.34. The lowest BCUT2D eigenvalue weighted by Gasteiger charge is -2.51. The zero-order valence-corrected chi connectivity index (χ0v) is 17.4. The average molecular weight is 431 g/mol. The van der Waals surface area contributed by atoms with Crippen molar-refractivity contribution in [2.24, 2.45) is 0 Å². The van der Waals surface area contributed by atoms with E-state index in [2.05, 4.69) is 25.1 Å². The number of ether oxygens (including phenoxy) is 1. The molecule has 30 heavy (non-hydrogen) atoms. The topological polar surface area (TPSA) is 95.5 Å². The fraction of sp³-hybridized carbons (Fsp3) is 0.474. The molecule has 2 aromatic heterocycles. The van der Waals surface area contributed by atoms with Gasteiger partial charge in [-0.3, -0.25) is 9.78 Å². The Morgan fingerprint density at radius 3 is 3.00 bits per heavy atom. The van der Waals surface area contributed by atoms with E-state index in [1.165, 1.54) is 24.2 Å². The van der Waals surface area contributed by atoms with E-state index in [0.717, 1.165) is 5.82 Å². The molecular weight excluding hydrogens is 409 g/mol. The zero-order valence-electron chi connectivity index (χ0n) is 16.6. The molecule has 2 saturated heterocycles. The smallest absolute Gasteiger partial charge is 0.255 e. The fourth-order valence-corrected chi connectivity index (χ4v) is 5.18. The predicted octanol–water partition coefficient (Wildman–Crippen LogP) is 1.51. The Balaban J connectivity index is 1.55. The van der Waals surface area contributed by atoms with Gasteiger partial charge in [0.2, 0.25) is 0 Å². The number of pyridine rings is 1. The van der Waals surface area contributed by atoms with Crippen LogP contribution in [0.3, 0.4) is 0 Å². The Kier molecular flexibility index (Phi) is 4.85. The first-order valence-electron chi connectivity index (χ1n) is 9.83. The summed E-state index contributed by atoms with van der Waals surface area (Å²) in [5.41, 5.74) is 3.80. The van der Waals surface area contributed by atoms with Crippen LogP contribution in [-0.4, -0.2) is 53.2 Å². The summed E-state index contributed by atoms with van der Waals surface area (Å²) in [6.45, 7) is 3.47. The molecule has 3 aliphatic heterocycles. The maximum Gasteiger partial charge on any atom is 0.255 e. The molecule has 2 aromatic rings. The first-order chi connectivity index (χ1) is 14.5. The number of carbonyl (C=O) groups excluding carboxylic acids is 1. The molecule has 11 heteroatoms. The second kappa shape index (κ2) is 7.41. The van der Waals surface area contributed by atoms with Crippen LogP contribution in [0.2, 0.25) is 0 Å². The molecule has 1 amide bonds. The minimum Gasteiger partial charge on any atom is -0.377 e. The second-order valence-corrected chi connectivity index (χ2v) is 8.50. The third kappa shape index (κ3) is 2.88. The van der Waals surface area contributed by atoms with Gasteiger partial charge in [-0.15, -0.1) is 0 Å². The van der Waals surface area contributed by atoms with Gasteiger partial charge >= 0.3 is 0 Å². The van der Waals surface area contributed by atoms with Crippen molar-refractivity contribution < 1.29 is 13.9 Å². The van der Waals surface area contributed by atoms with E-state index in [9.17, 15) is 9.18 Å². The monoisotopic (exact) mass is 431 g/mol. The van der Waals surface area contributed by atoms with Gasteiger partial charge in [-0.1, -0.05) is 18.9 Å².